The van der Waals surface area contributed by atoms with Crippen LogP contribution in [0.5, 0.6) is 0 Å². The van der Waals surface area contributed by atoms with Gasteiger partial charge in [-0.3, -0.25) is 4.98 Å². The van der Waals surface area contributed by atoms with Crippen LogP contribution in [0.25, 0.3) is 27.9 Å². The Labute approximate surface area is 355 Å². The minimum absolute atomic E-state index is 0.0837. The largest absolute Gasteiger partial charge is 0.328 e. The highest BCUT2D eigenvalue weighted by molar-refractivity contribution is 7.00. The van der Waals surface area contributed by atoms with Gasteiger partial charge in [-0.1, -0.05) is 115 Å². The van der Waals surface area contributed by atoms with Crippen LogP contribution in [-0.2, 0) is 0 Å². The molecule has 0 atom stereocenters. The first-order valence-corrected chi connectivity index (χ1v) is 20.7. The number of fused-ring (bicyclic) bond motifs is 4. The zero-order chi connectivity index (χ0) is 40.3. The molecule has 2 aromatic heterocycles. The second-order valence-electron chi connectivity index (χ2n) is 15.6. The van der Waals surface area contributed by atoms with Crippen LogP contribution >= 0.6 is 0 Å². The van der Waals surface area contributed by atoms with Gasteiger partial charge in [0, 0.05) is 64.4 Å². The summed E-state index contributed by atoms with van der Waals surface area (Å²) < 4.78 is 1.95. The summed E-state index contributed by atoms with van der Waals surface area (Å²) in [5.41, 5.74) is 18.4. The molecule has 7 nitrogen and oxygen atoms in total. The smallest absolute Gasteiger partial charge is 0.252 e. The Kier molecular flexibility index (Phi) is 8.20. The molecule has 0 saturated heterocycles. The van der Waals surface area contributed by atoms with Gasteiger partial charge in [0.25, 0.3) is 6.71 Å². The van der Waals surface area contributed by atoms with Crippen molar-refractivity contribution in [2.45, 2.75) is 0 Å². The molecule has 0 fully saturated rings. The van der Waals surface area contributed by atoms with E-state index < -0.39 is 0 Å². The van der Waals surface area contributed by atoms with Gasteiger partial charge in [0.2, 0.25) is 0 Å². The summed E-state index contributed by atoms with van der Waals surface area (Å²) in [7, 11) is 0. The van der Waals surface area contributed by atoms with Crippen molar-refractivity contribution in [3.63, 3.8) is 0 Å². The Morgan fingerprint density at radius 3 is 1.52 bits per heavy atom. The van der Waals surface area contributed by atoms with E-state index in [2.05, 4.69) is 213 Å². The molecule has 0 saturated carbocycles. The molecule has 0 bridgehead atoms. The number of aromatic nitrogens is 3. The summed E-state index contributed by atoms with van der Waals surface area (Å²) >= 11 is 0. The number of para-hydroxylation sites is 3. The SMILES string of the molecule is C1=CN(c2c(-c3ccccc3)cccc2-c2ccccc2)CN1c1ccc2c(c1)B1c3cc(-n4cccn4)ccc3N(c3ccccc3)c3cncc(c31)N2c1ccccc1. The minimum Gasteiger partial charge on any atom is -0.328 e. The molecule has 0 amide bonds. The molecule has 12 rings (SSSR count). The standard InChI is InChI=1S/C53H38BN7/c1-5-15-38(16-6-1)44-23-13-24-45(39-17-7-2-8-18-39)53(44)58-32-31-57(37-58)42-25-27-48-46(33-42)54-47-34-43(59-30-14-29-56-59)26-28-49(47)61(41-21-11-4-12-22-41)51-36-55-35-50(52(51)54)60(48)40-19-9-3-10-20-40/h1-36H,37H2. The van der Waals surface area contributed by atoms with Gasteiger partial charge in [-0.2, -0.15) is 5.10 Å². The maximum Gasteiger partial charge on any atom is 0.252 e. The van der Waals surface area contributed by atoms with Crippen LogP contribution in [0.3, 0.4) is 0 Å². The Morgan fingerprint density at radius 2 is 0.967 bits per heavy atom. The Hall–Kier alpha value is -8.10. The van der Waals surface area contributed by atoms with Crippen LogP contribution in [0, 0.1) is 0 Å². The molecule has 5 heterocycles. The van der Waals surface area contributed by atoms with Gasteiger partial charge in [-0.25, -0.2) is 4.68 Å². The predicted molar refractivity (Wildman–Crippen MR) is 252 cm³/mol. The number of hydrogen-bond acceptors (Lipinski definition) is 6. The highest BCUT2D eigenvalue weighted by Gasteiger charge is 2.44. The molecule has 0 spiro atoms. The summed E-state index contributed by atoms with van der Waals surface area (Å²) in [4.78, 5) is 14.5. The molecular formula is C53H38BN7. The number of pyridine rings is 1. The molecule has 61 heavy (non-hydrogen) atoms. The van der Waals surface area contributed by atoms with E-state index >= 15 is 0 Å². The van der Waals surface area contributed by atoms with Gasteiger partial charge in [-0.05, 0) is 94.2 Å². The Bertz CT molecular complexity index is 3010. The number of benzene rings is 7. The van der Waals surface area contributed by atoms with E-state index in [1.54, 1.807) is 0 Å². The van der Waals surface area contributed by atoms with E-state index in [0.717, 1.165) is 45.5 Å². The van der Waals surface area contributed by atoms with Crippen molar-refractivity contribution in [3.05, 3.63) is 219 Å². The van der Waals surface area contributed by atoms with E-state index in [9.17, 15) is 0 Å². The quantitative estimate of drug-likeness (QED) is 0.150. The molecule has 7 aromatic carbocycles. The van der Waals surface area contributed by atoms with Crippen molar-refractivity contribution >= 4 is 68.6 Å². The summed E-state index contributed by atoms with van der Waals surface area (Å²) in [5.74, 6) is 0. The van der Waals surface area contributed by atoms with Crippen LogP contribution in [-0.4, -0.2) is 28.1 Å². The van der Waals surface area contributed by atoms with Gasteiger partial charge in [0.05, 0.1) is 41.8 Å². The number of rotatable bonds is 7. The summed E-state index contributed by atoms with van der Waals surface area (Å²) in [6.07, 6.45) is 12.4. The second-order valence-corrected chi connectivity index (χ2v) is 15.6. The Morgan fingerprint density at radius 1 is 0.443 bits per heavy atom. The second kappa shape index (κ2) is 14.3. The molecule has 0 aliphatic carbocycles. The van der Waals surface area contributed by atoms with Gasteiger partial charge < -0.3 is 19.6 Å². The fourth-order valence-corrected chi connectivity index (χ4v) is 9.53. The topological polar surface area (TPSA) is 43.7 Å². The molecule has 0 unspecified atom stereocenters. The maximum atomic E-state index is 4.95. The van der Waals surface area contributed by atoms with Gasteiger partial charge in [0.1, 0.15) is 0 Å². The number of anilines is 8. The lowest BCUT2D eigenvalue weighted by Gasteiger charge is -2.44. The molecular weight excluding hydrogens is 745 g/mol. The van der Waals surface area contributed by atoms with Gasteiger partial charge >= 0.3 is 0 Å². The fourth-order valence-electron chi connectivity index (χ4n) is 9.53. The lowest BCUT2D eigenvalue weighted by molar-refractivity contribution is 0.881. The van der Waals surface area contributed by atoms with E-state index in [4.69, 9.17) is 4.98 Å². The van der Waals surface area contributed by atoms with Crippen molar-refractivity contribution < 1.29 is 0 Å². The van der Waals surface area contributed by atoms with Crippen molar-refractivity contribution in [2.24, 2.45) is 0 Å². The molecule has 288 valence electrons. The normalized spacial score (nSPS) is 13.6. The maximum absolute atomic E-state index is 4.95. The summed E-state index contributed by atoms with van der Waals surface area (Å²) in [6, 6.07) is 65.1. The van der Waals surface area contributed by atoms with Crippen molar-refractivity contribution in [3.8, 4) is 27.9 Å². The Balaban J connectivity index is 1.03. The first-order valence-electron chi connectivity index (χ1n) is 20.7. The molecule has 3 aliphatic rings. The molecule has 3 aliphatic heterocycles. The van der Waals surface area contributed by atoms with Crippen molar-refractivity contribution in [1.29, 1.82) is 0 Å². The monoisotopic (exact) mass is 783 g/mol. The first kappa shape index (κ1) is 34.9. The summed E-state index contributed by atoms with van der Waals surface area (Å²) in [6.45, 7) is 0.572. The first-order chi connectivity index (χ1) is 30.3. The highest BCUT2D eigenvalue weighted by Crippen LogP contribution is 2.45. The van der Waals surface area contributed by atoms with Crippen molar-refractivity contribution in [2.75, 3.05) is 26.3 Å². The average Bonchev–Trinajstić information content (AvgIpc) is 4.07. The average molecular weight is 784 g/mol. The van der Waals surface area contributed by atoms with E-state index in [1.165, 1.54) is 44.3 Å². The lowest BCUT2D eigenvalue weighted by Crippen LogP contribution is -2.61. The van der Waals surface area contributed by atoms with Gasteiger partial charge in [0.15, 0.2) is 0 Å². The van der Waals surface area contributed by atoms with E-state index in [-0.39, 0.29) is 6.71 Å². The fraction of sp³-hybridized carbons (Fsp3) is 0.0189. The van der Waals surface area contributed by atoms with Gasteiger partial charge in [-0.15, -0.1) is 0 Å². The van der Waals surface area contributed by atoms with Crippen LogP contribution in [0.1, 0.15) is 0 Å². The zero-order valence-corrected chi connectivity index (χ0v) is 33.2. The lowest BCUT2D eigenvalue weighted by atomic mass is 9.33. The third-order valence-electron chi connectivity index (χ3n) is 12.2. The predicted octanol–water partition coefficient (Wildman–Crippen LogP) is 10.4. The molecule has 0 N–H and O–H groups in total. The number of nitrogens with zero attached hydrogens (tertiary/aromatic N) is 7. The van der Waals surface area contributed by atoms with E-state index in [0.29, 0.717) is 6.67 Å². The minimum atomic E-state index is -0.0837. The van der Waals surface area contributed by atoms with Crippen LogP contribution < -0.4 is 36.0 Å². The highest BCUT2D eigenvalue weighted by atomic mass is 15.3. The van der Waals surface area contributed by atoms with Crippen LogP contribution in [0.15, 0.2) is 219 Å². The van der Waals surface area contributed by atoms with Crippen LogP contribution in [0.2, 0.25) is 0 Å². The zero-order valence-electron chi connectivity index (χ0n) is 33.2. The number of hydrogen-bond donors (Lipinski definition) is 0. The third kappa shape index (κ3) is 5.75. The molecule has 8 heteroatoms. The molecule has 9 aromatic rings. The molecule has 0 radical (unpaired) electrons. The van der Waals surface area contributed by atoms with E-state index in [1.807, 2.05) is 35.5 Å². The van der Waals surface area contributed by atoms with Crippen LogP contribution in [0.4, 0.5) is 45.5 Å². The van der Waals surface area contributed by atoms with Crippen molar-refractivity contribution in [1.82, 2.24) is 14.8 Å². The summed E-state index contributed by atoms with van der Waals surface area (Å²) in [5, 5.41) is 4.65. The third-order valence-corrected chi connectivity index (χ3v) is 12.2.